The molecule has 10 atom stereocenters. The fraction of sp³-hybridized carbons (Fsp3) is 0.761. The molecule has 11 heteroatoms. The van der Waals surface area contributed by atoms with Gasteiger partial charge in [0.15, 0.2) is 17.4 Å². The Balaban J connectivity index is 1.22. The van der Waals surface area contributed by atoms with E-state index in [0.29, 0.717) is 49.4 Å². The van der Waals surface area contributed by atoms with Crippen molar-refractivity contribution in [1.82, 2.24) is 14.8 Å². The Bertz CT molecular complexity index is 1910. The highest BCUT2D eigenvalue weighted by Gasteiger charge is 2.71. The van der Waals surface area contributed by atoms with Crippen molar-refractivity contribution in [1.29, 1.82) is 0 Å². The molecule has 6 aliphatic carbocycles. The molecule has 1 heterocycles. The summed E-state index contributed by atoms with van der Waals surface area (Å²) in [5.74, 6) is 0.806. The number of hydrogen-bond donors (Lipinski definition) is 3. The van der Waals surface area contributed by atoms with Gasteiger partial charge in [0, 0.05) is 35.9 Å². The maximum atomic E-state index is 14.4. The summed E-state index contributed by atoms with van der Waals surface area (Å²) in [7, 11) is 0. The number of aliphatic carboxylic acids is 1. The first-order valence-corrected chi connectivity index (χ1v) is 22.1. The van der Waals surface area contributed by atoms with E-state index in [-0.39, 0.29) is 63.6 Å². The third-order valence-electron chi connectivity index (χ3n) is 17.1. The Morgan fingerprint density at radius 1 is 1.02 bits per heavy atom. The van der Waals surface area contributed by atoms with E-state index in [1.54, 1.807) is 13.8 Å². The zero-order valence-electron chi connectivity index (χ0n) is 35.8. The van der Waals surface area contributed by atoms with Gasteiger partial charge in [-0.25, -0.2) is 0 Å². The molecule has 1 unspecified atom stereocenters. The van der Waals surface area contributed by atoms with E-state index in [9.17, 15) is 24.6 Å². The van der Waals surface area contributed by atoms with Crippen molar-refractivity contribution >= 4 is 34.9 Å². The van der Waals surface area contributed by atoms with Crippen LogP contribution in [0.5, 0.6) is 0 Å². The summed E-state index contributed by atoms with van der Waals surface area (Å²) in [6.45, 7) is 20.3. The SMILES string of the molecule is CC(C)C1=C2[C@H]3CC[C@@H]4[C@@]5(C)CC[C@H](OC(=O)CC(C)(C)C(=O)O)C(C)(C)[C@@H]5CC[C@@]4(C)[C@]3(C)CC[C@@]2([C@@H](O)c2nnc(C3=CCC(Cl)C=C3)n2CCN)CC1=O. The number of carbonyl (C=O) groups is 3. The number of nitrogens with two attached hydrogens (primary N) is 1. The van der Waals surface area contributed by atoms with Gasteiger partial charge in [-0.05, 0) is 123 Å². The Labute approximate surface area is 344 Å². The van der Waals surface area contributed by atoms with Crippen LogP contribution in [0.25, 0.3) is 5.57 Å². The van der Waals surface area contributed by atoms with E-state index in [1.807, 2.05) is 16.7 Å². The predicted octanol–water partition coefficient (Wildman–Crippen LogP) is 8.61. The van der Waals surface area contributed by atoms with Crippen LogP contribution in [0.2, 0.25) is 0 Å². The highest BCUT2D eigenvalue weighted by atomic mass is 35.5. The minimum absolute atomic E-state index is 0.0169. The molecular weight excluding hydrogens is 740 g/mol. The van der Waals surface area contributed by atoms with Crippen molar-refractivity contribution in [3.8, 4) is 0 Å². The monoisotopic (exact) mass is 806 g/mol. The molecule has 314 valence electrons. The van der Waals surface area contributed by atoms with Gasteiger partial charge in [-0.1, -0.05) is 66.7 Å². The Morgan fingerprint density at radius 2 is 1.74 bits per heavy atom. The van der Waals surface area contributed by atoms with Gasteiger partial charge in [0.2, 0.25) is 0 Å². The number of carboxylic acids is 1. The molecule has 6 aliphatic rings. The summed E-state index contributed by atoms with van der Waals surface area (Å²) in [4.78, 5) is 39.3. The summed E-state index contributed by atoms with van der Waals surface area (Å²) in [6.07, 6.45) is 12.8. The van der Waals surface area contributed by atoms with Gasteiger partial charge in [0.1, 0.15) is 12.2 Å². The lowest BCUT2D eigenvalue weighted by Gasteiger charge is -2.72. The number of fused-ring (bicyclic) bond motifs is 7. The number of hydrogen-bond acceptors (Lipinski definition) is 8. The number of carbonyl (C=O) groups excluding carboxylic acids is 2. The molecule has 1 aromatic heterocycles. The minimum atomic E-state index is -1.18. The summed E-state index contributed by atoms with van der Waals surface area (Å²) in [5.41, 5.74) is 6.85. The second-order valence-corrected chi connectivity index (χ2v) is 21.6. The van der Waals surface area contributed by atoms with Crippen LogP contribution in [0.15, 0.2) is 29.4 Å². The van der Waals surface area contributed by atoms with Crippen LogP contribution in [-0.4, -0.2) is 60.7 Å². The third kappa shape index (κ3) is 6.34. The van der Waals surface area contributed by atoms with Gasteiger partial charge in [-0.2, -0.15) is 0 Å². The van der Waals surface area contributed by atoms with Gasteiger partial charge < -0.3 is 25.3 Å². The number of halogens is 1. The average Bonchev–Trinajstić information content (AvgIpc) is 3.68. The largest absolute Gasteiger partial charge is 0.481 e. The smallest absolute Gasteiger partial charge is 0.309 e. The number of aliphatic hydroxyl groups excluding tert-OH is 1. The van der Waals surface area contributed by atoms with Gasteiger partial charge in [-0.15, -0.1) is 21.8 Å². The standard InChI is InChI=1S/C46H67ClN4O6/c1-26(2)35-30(52)24-46(37(54)39-50-49-38(51(39)23-22-48)27-10-12-28(47)13-11-27)21-20-44(8)29(36(35)46)14-15-32-43(7)18-17-33(57-34(53)25-41(3,4)40(55)56)42(5,6)31(43)16-19-45(32,44)9/h10-12,26,28-29,31-33,37,54H,13-25,48H2,1-9H3,(H,55,56)/t28?,29-,31+,32-,33+,37+,43+,44-,45-,46-/m1/s1. The number of allylic oxidation sites excluding steroid dienone is 5. The van der Waals surface area contributed by atoms with Gasteiger partial charge >= 0.3 is 11.9 Å². The van der Waals surface area contributed by atoms with Crippen LogP contribution in [0.4, 0.5) is 0 Å². The lowest BCUT2D eigenvalue weighted by Crippen LogP contribution is -2.66. The van der Waals surface area contributed by atoms with Crippen molar-refractivity contribution in [3.63, 3.8) is 0 Å². The van der Waals surface area contributed by atoms with Crippen LogP contribution in [0, 0.1) is 56.2 Å². The molecule has 0 aromatic carbocycles. The summed E-state index contributed by atoms with van der Waals surface area (Å²) < 4.78 is 8.15. The molecule has 4 N–H and O–H groups in total. The zero-order valence-corrected chi connectivity index (χ0v) is 36.5. The molecular formula is C46H67ClN4O6. The molecule has 57 heavy (non-hydrogen) atoms. The van der Waals surface area contributed by atoms with E-state index >= 15 is 0 Å². The van der Waals surface area contributed by atoms with Crippen LogP contribution in [0.3, 0.4) is 0 Å². The number of carboxylic acid groups (broad SMARTS) is 1. The number of alkyl halides is 1. The van der Waals surface area contributed by atoms with Crippen molar-refractivity contribution in [2.45, 2.75) is 157 Å². The highest BCUT2D eigenvalue weighted by molar-refractivity contribution is 6.22. The highest BCUT2D eigenvalue weighted by Crippen LogP contribution is 2.77. The van der Waals surface area contributed by atoms with E-state index in [0.717, 1.165) is 56.1 Å². The first-order chi connectivity index (χ1) is 26.6. The average molecular weight is 808 g/mol. The number of nitrogens with zero attached hydrogens (tertiary/aromatic N) is 3. The summed E-state index contributed by atoms with van der Waals surface area (Å²) >= 11 is 6.36. The molecule has 0 spiro atoms. The molecule has 7 rings (SSSR count). The first-order valence-electron chi connectivity index (χ1n) is 21.6. The number of esters is 1. The first kappa shape index (κ1) is 42.3. The number of ether oxygens (including phenoxy) is 1. The van der Waals surface area contributed by atoms with Gasteiger partial charge in [-0.3, -0.25) is 14.4 Å². The normalized spacial score (nSPS) is 37.9. The molecule has 10 nitrogen and oxygen atoms in total. The Kier molecular flexibility index (Phi) is 10.7. The lowest BCUT2D eigenvalue weighted by molar-refractivity contribution is -0.235. The molecule has 0 aliphatic heterocycles. The van der Waals surface area contributed by atoms with Crippen LogP contribution in [0.1, 0.15) is 151 Å². The number of Topliss-reactive ketones (excluding diaryl/α,β-unsaturated/α-hetero) is 1. The van der Waals surface area contributed by atoms with Crippen molar-refractivity contribution in [3.05, 3.63) is 41.0 Å². The fourth-order valence-electron chi connectivity index (χ4n) is 13.9. The minimum Gasteiger partial charge on any atom is -0.481 e. The number of rotatable bonds is 10. The Hall–Kier alpha value is -2.82. The molecule has 1 aromatic rings. The van der Waals surface area contributed by atoms with Crippen LogP contribution >= 0.6 is 11.6 Å². The van der Waals surface area contributed by atoms with Crippen LogP contribution < -0.4 is 5.73 Å². The maximum Gasteiger partial charge on any atom is 0.309 e. The molecule has 0 radical (unpaired) electrons. The number of ketones is 1. The molecule has 4 saturated carbocycles. The quantitative estimate of drug-likeness (QED) is 0.156. The van der Waals surface area contributed by atoms with Crippen molar-refractivity contribution in [2.24, 2.45) is 61.9 Å². The van der Waals surface area contributed by atoms with E-state index in [4.69, 9.17) is 22.1 Å². The Morgan fingerprint density at radius 3 is 2.37 bits per heavy atom. The van der Waals surface area contributed by atoms with E-state index < -0.39 is 28.9 Å². The van der Waals surface area contributed by atoms with Gasteiger partial charge in [0.05, 0.1) is 17.2 Å². The third-order valence-corrected chi connectivity index (χ3v) is 17.4. The zero-order chi connectivity index (χ0) is 41.7. The summed E-state index contributed by atoms with van der Waals surface area (Å²) in [6, 6.07) is 0. The molecule has 0 bridgehead atoms. The molecule has 0 saturated heterocycles. The van der Waals surface area contributed by atoms with E-state index in [1.165, 1.54) is 5.57 Å². The van der Waals surface area contributed by atoms with Crippen molar-refractivity contribution in [2.75, 3.05) is 6.54 Å². The van der Waals surface area contributed by atoms with Crippen LogP contribution in [-0.2, 0) is 25.7 Å². The second-order valence-electron chi connectivity index (χ2n) is 21.1. The number of aromatic nitrogens is 3. The van der Waals surface area contributed by atoms with Crippen molar-refractivity contribution < 1.29 is 29.3 Å². The van der Waals surface area contributed by atoms with E-state index in [2.05, 4.69) is 64.7 Å². The summed E-state index contributed by atoms with van der Waals surface area (Å²) in [5, 5.41) is 31.7. The predicted molar refractivity (Wildman–Crippen MR) is 221 cm³/mol. The topological polar surface area (TPSA) is 158 Å². The lowest BCUT2D eigenvalue weighted by atomic mass is 9.33. The fourth-order valence-corrected chi connectivity index (χ4v) is 14.1. The molecule has 0 amide bonds. The van der Waals surface area contributed by atoms with Gasteiger partial charge in [0.25, 0.3) is 0 Å². The maximum absolute atomic E-state index is 14.4. The molecule has 4 fully saturated rings. The number of aliphatic hydroxyl groups is 1. The second kappa shape index (κ2) is 14.4.